The van der Waals surface area contributed by atoms with Crippen LogP contribution in [0.15, 0.2) is 24.3 Å². The van der Waals surface area contributed by atoms with Gasteiger partial charge in [0, 0.05) is 6.54 Å². The molecule has 0 unspecified atom stereocenters. The van der Waals surface area contributed by atoms with E-state index in [2.05, 4.69) is 10.2 Å². The van der Waals surface area contributed by atoms with Crippen LogP contribution in [-0.2, 0) is 21.2 Å². The lowest BCUT2D eigenvalue weighted by Gasteiger charge is -2.26. The quantitative estimate of drug-likeness (QED) is 0.665. The topological polar surface area (TPSA) is 69.7 Å². The molecule has 0 spiro atoms. The van der Waals surface area contributed by atoms with Crippen LogP contribution < -0.4 is 9.62 Å². The lowest BCUT2D eigenvalue weighted by Crippen LogP contribution is -2.41. The second-order valence-electron chi connectivity index (χ2n) is 6.86. The number of benzene rings is 1. The van der Waals surface area contributed by atoms with Gasteiger partial charge in [0.1, 0.15) is 6.54 Å². The van der Waals surface area contributed by atoms with Crippen LogP contribution in [0.4, 0.5) is 5.69 Å². The van der Waals surface area contributed by atoms with Crippen molar-refractivity contribution in [3.05, 3.63) is 29.8 Å². The number of piperidine rings is 1. The number of hydrogen-bond acceptors (Lipinski definition) is 4. The van der Waals surface area contributed by atoms with Crippen LogP contribution in [0.25, 0.3) is 0 Å². The molecular weight excluding hydrogens is 350 g/mol. The van der Waals surface area contributed by atoms with Crippen molar-refractivity contribution < 1.29 is 13.2 Å². The van der Waals surface area contributed by atoms with Crippen molar-refractivity contribution in [2.45, 2.75) is 39.0 Å². The highest BCUT2D eigenvalue weighted by atomic mass is 32.2. The number of aryl methyl sites for hydroxylation is 1. The van der Waals surface area contributed by atoms with E-state index in [4.69, 9.17) is 0 Å². The van der Waals surface area contributed by atoms with Crippen LogP contribution in [-0.4, -0.2) is 58.2 Å². The van der Waals surface area contributed by atoms with E-state index in [1.807, 2.05) is 19.1 Å². The molecule has 1 fully saturated rings. The van der Waals surface area contributed by atoms with Gasteiger partial charge in [0.2, 0.25) is 15.9 Å². The van der Waals surface area contributed by atoms with Gasteiger partial charge in [-0.2, -0.15) is 0 Å². The summed E-state index contributed by atoms with van der Waals surface area (Å²) in [5, 5.41) is 2.86. The highest BCUT2D eigenvalue weighted by molar-refractivity contribution is 7.92. The first-order valence-electron chi connectivity index (χ1n) is 9.46. The normalized spacial score (nSPS) is 15.6. The van der Waals surface area contributed by atoms with E-state index < -0.39 is 10.0 Å². The maximum absolute atomic E-state index is 12.3. The van der Waals surface area contributed by atoms with Gasteiger partial charge in [0.05, 0.1) is 11.9 Å². The fourth-order valence-electron chi connectivity index (χ4n) is 3.33. The average molecular weight is 382 g/mol. The largest absolute Gasteiger partial charge is 0.354 e. The zero-order chi connectivity index (χ0) is 19.0. The molecule has 1 N–H and O–H groups in total. The first-order valence-corrected chi connectivity index (χ1v) is 11.3. The van der Waals surface area contributed by atoms with Gasteiger partial charge in [0.15, 0.2) is 0 Å². The molecule has 0 radical (unpaired) electrons. The first kappa shape index (κ1) is 20.7. The number of sulfonamides is 1. The lowest BCUT2D eigenvalue weighted by molar-refractivity contribution is -0.119. The van der Waals surface area contributed by atoms with Crippen molar-refractivity contribution in [2.24, 2.45) is 0 Å². The van der Waals surface area contributed by atoms with Crippen LogP contribution in [0, 0.1) is 0 Å². The van der Waals surface area contributed by atoms with Crippen LogP contribution in [0.3, 0.4) is 0 Å². The van der Waals surface area contributed by atoms with Gasteiger partial charge >= 0.3 is 0 Å². The van der Waals surface area contributed by atoms with E-state index in [1.54, 1.807) is 12.1 Å². The van der Waals surface area contributed by atoms with Crippen molar-refractivity contribution >= 4 is 21.6 Å². The molecule has 1 aromatic carbocycles. The molecular formula is C19H31N3O3S. The molecule has 2 rings (SSSR count). The Morgan fingerprint density at radius 3 is 2.54 bits per heavy atom. The van der Waals surface area contributed by atoms with Gasteiger partial charge in [-0.05, 0) is 56.9 Å². The number of rotatable bonds is 9. The van der Waals surface area contributed by atoms with Crippen molar-refractivity contribution in [3.63, 3.8) is 0 Å². The van der Waals surface area contributed by atoms with Crippen molar-refractivity contribution in [1.29, 1.82) is 0 Å². The van der Waals surface area contributed by atoms with Gasteiger partial charge in [0.25, 0.3) is 0 Å². The molecule has 1 amide bonds. The SMILES string of the molecule is CCc1ccccc1N(CC(=O)NCCCN1CCCCC1)S(C)(=O)=O. The van der Waals surface area contributed by atoms with Gasteiger partial charge in [-0.25, -0.2) is 8.42 Å². The summed E-state index contributed by atoms with van der Waals surface area (Å²) in [6.45, 7) is 5.63. The number of amides is 1. The van der Waals surface area contributed by atoms with Crippen LogP contribution in [0.1, 0.15) is 38.2 Å². The Hall–Kier alpha value is -1.60. The summed E-state index contributed by atoms with van der Waals surface area (Å²) in [5.74, 6) is -0.264. The summed E-state index contributed by atoms with van der Waals surface area (Å²) in [6.07, 6.45) is 6.56. The molecule has 0 aliphatic carbocycles. The number of carbonyl (C=O) groups is 1. The predicted octanol–water partition coefficient (Wildman–Crippen LogP) is 2.01. The molecule has 0 bridgehead atoms. The first-order chi connectivity index (χ1) is 12.4. The Morgan fingerprint density at radius 2 is 1.88 bits per heavy atom. The fourth-order valence-corrected chi connectivity index (χ4v) is 4.22. The highest BCUT2D eigenvalue weighted by Crippen LogP contribution is 2.23. The van der Waals surface area contributed by atoms with Gasteiger partial charge < -0.3 is 10.2 Å². The molecule has 1 aliphatic rings. The van der Waals surface area contributed by atoms with E-state index in [1.165, 1.54) is 23.6 Å². The molecule has 26 heavy (non-hydrogen) atoms. The average Bonchev–Trinajstić information content (AvgIpc) is 2.63. The van der Waals surface area contributed by atoms with Gasteiger partial charge in [-0.15, -0.1) is 0 Å². The second-order valence-corrected chi connectivity index (χ2v) is 8.76. The number of nitrogens with zero attached hydrogens (tertiary/aromatic N) is 2. The fraction of sp³-hybridized carbons (Fsp3) is 0.632. The molecule has 1 heterocycles. The molecule has 1 saturated heterocycles. The summed E-state index contributed by atoms with van der Waals surface area (Å²) in [5.41, 5.74) is 1.50. The molecule has 0 aromatic heterocycles. The Balaban J connectivity index is 1.88. The van der Waals surface area contributed by atoms with E-state index >= 15 is 0 Å². The number of hydrogen-bond donors (Lipinski definition) is 1. The zero-order valence-electron chi connectivity index (χ0n) is 15.9. The monoisotopic (exact) mass is 381 g/mol. The summed E-state index contributed by atoms with van der Waals surface area (Å²) in [4.78, 5) is 14.7. The zero-order valence-corrected chi connectivity index (χ0v) is 16.7. The number of nitrogens with one attached hydrogen (secondary N) is 1. The van der Waals surface area contributed by atoms with E-state index in [0.717, 1.165) is 37.9 Å². The van der Waals surface area contributed by atoms with Gasteiger partial charge in [-0.3, -0.25) is 9.10 Å². The van der Waals surface area contributed by atoms with E-state index in [-0.39, 0.29) is 12.5 Å². The summed E-state index contributed by atoms with van der Waals surface area (Å²) >= 11 is 0. The Labute approximate surface area is 157 Å². The lowest BCUT2D eigenvalue weighted by atomic mass is 10.1. The van der Waals surface area contributed by atoms with Crippen LogP contribution in [0.5, 0.6) is 0 Å². The third-order valence-corrected chi connectivity index (χ3v) is 5.88. The highest BCUT2D eigenvalue weighted by Gasteiger charge is 2.22. The van der Waals surface area contributed by atoms with Crippen molar-refractivity contribution in [2.75, 3.05) is 43.3 Å². The summed E-state index contributed by atoms with van der Waals surface area (Å²) < 4.78 is 25.6. The minimum atomic E-state index is -3.53. The molecule has 7 heteroatoms. The molecule has 0 saturated carbocycles. The summed E-state index contributed by atoms with van der Waals surface area (Å²) in [6, 6.07) is 7.32. The van der Waals surface area contributed by atoms with E-state index in [0.29, 0.717) is 18.7 Å². The smallest absolute Gasteiger partial charge is 0.240 e. The predicted molar refractivity (Wildman–Crippen MR) is 106 cm³/mol. The summed E-state index contributed by atoms with van der Waals surface area (Å²) in [7, 11) is -3.53. The van der Waals surface area contributed by atoms with E-state index in [9.17, 15) is 13.2 Å². The van der Waals surface area contributed by atoms with Gasteiger partial charge in [-0.1, -0.05) is 31.5 Å². The minimum Gasteiger partial charge on any atom is -0.354 e. The Bertz CT molecular complexity index is 685. The molecule has 0 atom stereocenters. The standard InChI is InChI=1S/C19H31N3O3S/c1-3-17-10-5-6-11-18(17)22(26(2,24)25)16-19(23)20-12-9-15-21-13-7-4-8-14-21/h5-6,10-11H,3-4,7-9,12-16H2,1-2H3,(H,20,23). The number of carbonyl (C=O) groups excluding carboxylic acids is 1. The second kappa shape index (κ2) is 9.92. The molecule has 146 valence electrons. The minimum absolute atomic E-state index is 0.181. The number of para-hydroxylation sites is 1. The number of likely N-dealkylation sites (tertiary alicyclic amines) is 1. The molecule has 6 nitrogen and oxygen atoms in total. The number of anilines is 1. The van der Waals surface area contributed by atoms with Crippen LogP contribution in [0.2, 0.25) is 0 Å². The maximum atomic E-state index is 12.3. The maximum Gasteiger partial charge on any atom is 0.240 e. The third-order valence-electron chi connectivity index (χ3n) is 4.75. The van der Waals surface area contributed by atoms with Crippen LogP contribution >= 0.6 is 0 Å². The Morgan fingerprint density at radius 1 is 1.19 bits per heavy atom. The molecule has 1 aromatic rings. The van der Waals surface area contributed by atoms with Crippen molar-refractivity contribution in [3.8, 4) is 0 Å². The Kier molecular flexibility index (Phi) is 7.90. The molecule has 1 aliphatic heterocycles. The third kappa shape index (κ3) is 6.29. The van der Waals surface area contributed by atoms with Crippen molar-refractivity contribution in [1.82, 2.24) is 10.2 Å².